The molecule has 0 atom stereocenters. The molecule has 1 N–H and O–H groups in total. The van der Waals surface area contributed by atoms with Crippen molar-refractivity contribution in [3.8, 4) is 0 Å². The number of benzene rings is 1. The summed E-state index contributed by atoms with van der Waals surface area (Å²) in [6, 6.07) is 9.50. The predicted octanol–water partition coefficient (Wildman–Crippen LogP) is 3.38. The highest BCUT2D eigenvalue weighted by molar-refractivity contribution is 8.23. The third-order valence-corrected chi connectivity index (χ3v) is 4.95. The summed E-state index contributed by atoms with van der Waals surface area (Å²) in [6.07, 6.45) is 2.38. The number of nitrogens with zero attached hydrogens (tertiary/aromatic N) is 1. The second kappa shape index (κ2) is 7.64. The fourth-order valence-corrected chi connectivity index (χ4v) is 3.18. The lowest BCUT2D eigenvalue weighted by atomic mass is 10.00. The van der Waals surface area contributed by atoms with Gasteiger partial charge in [-0.25, -0.2) is 0 Å². The Kier molecular flexibility index (Phi) is 5.86. The lowest BCUT2D eigenvalue weighted by Crippen LogP contribution is -2.36. The van der Waals surface area contributed by atoms with Crippen LogP contribution in [0, 0.1) is 5.92 Å². The first kappa shape index (κ1) is 15.3. The zero-order valence-corrected chi connectivity index (χ0v) is 13.3. The van der Waals surface area contributed by atoms with Gasteiger partial charge in [0.05, 0.1) is 5.75 Å². The number of amides is 1. The molecule has 1 heterocycles. The molecule has 108 valence electrons. The molecule has 1 aromatic rings. The molecule has 1 amide bonds. The summed E-state index contributed by atoms with van der Waals surface area (Å²) in [5.41, 5.74) is 0.829. The van der Waals surface area contributed by atoms with Crippen LogP contribution >= 0.6 is 24.0 Å². The number of thioether (sulfide) groups is 1. The van der Waals surface area contributed by atoms with Crippen LogP contribution in [0.15, 0.2) is 30.3 Å². The number of rotatable bonds is 3. The number of piperidine rings is 1. The van der Waals surface area contributed by atoms with Gasteiger partial charge in [0.15, 0.2) is 0 Å². The second-order valence-electron chi connectivity index (χ2n) is 5.14. The summed E-state index contributed by atoms with van der Waals surface area (Å²) < 4.78 is 0.847. The van der Waals surface area contributed by atoms with Crippen LogP contribution in [0.25, 0.3) is 0 Å². The van der Waals surface area contributed by atoms with Gasteiger partial charge in [0.25, 0.3) is 0 Å². The van der Waals surface area contributed by atoms with Gasteiger partial charge in [-0.1, -0.05) is 49.1 Å². The van der Waals surface area contributed by atoms with Crippen molar-refractivity contribution in [3.63, 3.8) is 0 Å². The Morgan fingerprint density at radius 2 is 2.00 bits per heavy atom. The van der Waals surface area contributed by atoms with Crippen LogP contribution in [-0.4, -0.2) is 34.0 Å². The Morgan fingerprint density at radius 1 is 1.35 bits per heavy atom. The molecule has 2 rings (SSSR count). The first-order chi connectivity index (χ1) is 9.65. The standard InChI is InChI=1S/C15H20N2OS2/c1-12-7-9-17(10-8-12)15(19)20-11-14(18)16-13-5-3-2-4-6-13/h2-6,12H,7-11H2,1H3,(H,16,18). The summed E-state index contributed by atoms with van der Waals surface area (Å²) >= 11 is 6.86. The highest BCUT2D eigenvalue weighted by Gasteiger charge is 2.18. The summed E-state index contributed by atoms with van der Waals surface area (Å²) in [4.78, 5) is 14.1. The Bertz CT molecular complexity index is 456. The lowest BCUT2D eigenvalue weighted by molar-refractivity contribution is -0.113. The molecule has 1 aliphatic heterocycles. The number of thiocarbonyl (C=S) groups is 1. The Hall–Kier alpha value is -1.07. The smallest absolute Gasteiger partial charge is 0.234 e. The lowest BCUT2D eigenvalue weighted by Gasteiger charge is -2.31. The summed E-state index contributed by atoms with van der Waals surface area (Å²) in [5.74, 6) is 1.16. The molecular weight excluding hydrogens is 288 g/mol. The maximum absolute atomic E-state index is 11.8. The molecule has 0 spiro atoms. The fraction of sp³-hybridized carbons (Fsp3) is 0.467. The van der Waals surface area contributed by atoms with Crippen molar-refractivity contribution in [3.05, 3.63) is 30.3 Å². The highest BCUT2D eigenvalue weighted by atomic mass is 32.2. The van der Waals surface area contributed by atoms with Gasteiger partial charge in [-0.05, 0) is 30.9 Å². The Balaban J connectivity index is 1.72. The molecule has 5 heteroatoms. The third-order valence-electron chi connectivity index (χ3n) is 3.43. The molecule has 0 aliphatic carbocycles. The van der Waals surface area contributed by atoms with Gasteiger partial charge < -0.3 is 10.2 Å². The largest absolute Gasteiger partial charge is 0.357 e. The normalized spacial score (nSPS) is 15.9. The van der Waals surface area contributed by atoms with E-state index in [1.165, 1.54) is 24.6 Å². The topological polar surface area (TPSA) is 32.3 Å². The maximum Gasteiger partial charge on any atom is 0.234 e. The van der Waals surface area contributed by atoms with E-state index in [0.717, 1.165) is 29.0 Å². The molecule has 0 saturated carbocycles. The predicted molar refractivity (Wildman–Crippen MR) is 90.1 cm³/mol. The number of para-hydroxylation sites is 1. The molecule has 1 aromatic carbocycles. The van der Waals surface area contributed by atoms with E-state index in [1.54, 1.807) is 0 Å². The highest BCUT2D eigenvalue weighted by Crippen LogP contribution is 2.20. The van der Waals surface area contributed by atoms with Crippen molar-refractivity contribution in [2.45, 2.75) is 19.8 Å². The van der Waals surface area contributed by atoms with Crippen molar-refractivity contribution in [1.82, 2.24) is 4.90 Å². The van der Waals surface area contributed by atoms with Crippen molar-refractivity contribution >= 4 is 39.9 Å². The van der Waals surface area contributed by atoms with E-state index in [-0.39, 0.29) is 5.91 Å². The van der Waals surface area contributed by atoms with E-state index in [0.29, 0.717) is 5.75 Å². The minimum Gasteiger partial charge on any atom is -0.357 e. The second-order valence-corrected chi connectivity index (χ2v) is 6.75. The van der Waals surface area contributed by atoms with Crippen LogP contribution in [0.1, 0.15) is 19.8 Å². The van der Waals surface area contributed by atoms with Crippen LogP contribution < -0.4 is 5.32 Å². The third kappa shape index (κ3) is 4.80. The van der Waals surface area contributed by atoms with Gasteiger partial charge in [-0.2, -0.15) is 0 Å². The van der Waals surface area contributed by atoms with Crippen LogP contribution in [0.5, 0.6) is 0 Å². The zero-order valence-electron chi connectivity index (χ0n) is 11.7. The molecule has 0 radical (unpaired) electrons. The molecule has 1 aliphatic rings. The van der Waals surface area contributed by atoms with Gasteiger partial charge in [-0.3, -0.25) is 4.79 Å². The van der Waals surface area contributed by atoms with E-state index < -0.39 is 0 Å². The van der Waals surface area contributed by atoms with E-state index in [1.807, 2.05) is 30.3 Å². The minimum atomic E-state index is -0.00562. The first-order valence-corrected chi connectivity index (χ1v) is 8.31. The van der Waals surface area contributed by atoms with E-state index in [9.17, 15) is 4.79 Å². The molecule has 0 bridgehead atoms. The van der Waals surface area contributed by atoms with E-state index >= 15 is 0 Å². The van der Waals surface area contributed by atoms with Gasteiger partial charge in [0.2, 0.25) is 5.91 Å². The molecule has 0 aromatic heterocycles. The van der Waals surface area contributed by atoms with E-state index in [4.69, 9.17) is 12.2 Å². The van der Waals surface area contributed by atoms with Crippen LogP contribution in [0.4, 0.5) is 5.69 Å². The van der Waals surface area contributed by atoms with Gasteiger partial charge in [0, 0.05) is 18.8 Å². The Morgan fingerprint density at radius 3 is 2.65 bits per heavy atom. The quantitative estimate of drug-likeness (QED) is 0.868. The number of likely N-dealkylation sites (tertiary alicyclic amines) is 1. The van der Waals surface area contributed by atoms with Crippen molar-refractivity contribution < 1.29 is 4.79 Å². The number of anilines is 1. The monoisotopic (exact) mass is 308 g/mol. The molecule has 20 heavy (non-hydrogen) atoms. The van der Waals surface area contributed by atoms with Gasteiger partial charge in [0.1, 0.15) is 4.32 Å². The number of hydrogen-bond acceptors (Lipinski definition) is 3. The number of carbonyl (C=O) groups excluding carboxylic acids is 1. The molecule has 1 saturated heterocycles. The average Bonchev–Trinajstić information content (AvgIpc) is 2.46. The first-order valence-electron chi connectivity index (χ1n) is 6.92. The minimum absolute atomic E-state index is 0.00562. The SMILES string of the molecule is CC1CCN(C(=S)SCC(=O)Nc2ccccc2)CC1. The van der Waals surface area contributed by atoms with Crippen molar-refractivity contribution in [2.24, 2.45) is 5.92 Å². The van der Waals surface area contributed by atoms with Crippen LogP contribution in [0.2, 0.25) is 0 Å². The fourth-order valence-electron chi connectivity index (χ4n) is 2.13. The van der Waals surface area contributed by atoms with Crippen molar-refractivity contribution in [1.29, 1.82) is 0 Å². The van der Waals surface area contributed by atoms with Gasteiger partial charge in [-0.15, -0.1) is 0 Å². The van der Waals surface area contributed by atoms with Crippen LogP contribution in [0.3, 0.4) is 0 Å². The maximum atomic E-state index is 11.8. The molecular formula is C15H20N2OS2. The molecule has 1 fully saturated rings. The number of nitrogens with one attached hydrogen (secondary N) is 1. The summed E-state index contributed by atoms with van der Waals surface area (Å²) in [7, 11) is 0. The number of hydrogen-bond donors (Lipinski definition) is 1. The molecule has 3 nitrogen and oxygen atoms in total. The number of carbonyl (C=O) groups is 1. The average molecular weight is 308 g/mol. The van der Waals surface area contributed by atoms with Crippen molar-refractivity contribution in [2.75, 3.05) is 24.2 Å². The van der Waals surface area contributed by atoms with Gasteiger partial charge >= 0.3 is 0 Å². The summed E-state index contributed by atoms with van der Waals surface area (Å²) in [5, 5.41) is 2.87. The zero-order chi connectivity index (χ0) is 14.4. The van der Waals surface area contributed by atoms with E-state index in [2.05, 4.69) is 17.1 Å². The Labute approximate surface area is 130 Å². The molecule has 0 unspecified atom stereocenters. The summed E-state index contributed by atoms with van der Waals surface area (Å²) in [6.45, 7) is 4.32. The van der Waals surface area contributed by atoms with Crippen LogP contribution in [-0.2, 0) is 4.79 Å².